The topological polar surface area (TPSA) is 64.4 Å². The zero-order chi connectivity index (χ0) is 9.97. The molecule has 1 atom stereocenters. The first kappa shape index (κ1) is 9.02. The fourth-order valence-electron chi connectivity index (χ4n) is 1.67. The van der Waals surface area contributed by atoms with Crippen molar-refractivity contribution >= 4 is 6.03 Å². The summed E-state index contributed by atoms with van der Waals surface area (Å²) >= 11 is 0. The molecular weight excluding hydrogens is 180 g/mol. The van der Waals surface area contributed by atoms with Gasteiger partial charge in [0.1, 0.15) is 0 Å². The number of carbonyl (C=O) groups excluding carboxylic acids is 1. The highest BCUT2D eigenvalue weighted by molar-refractivity contribution is 5.72. The largest absolute Gasteiger partial charge is 0.374 e. The predicted octanol–water partition coefficient (Wildman–Crippen LogP) is 0.926. The molecule has 1 aromatic carbocycles. The fourth-order valence-corrected chi connectivity index (χ4v) is 1.67. The van der Waals surface area contributed by atoms with Crippen molar-refractivity contribution < 1.29 is 9.53 Å². The molecule has 0 fully saturated rings. The van der Waals surface area contributed by atoms with Gasteiger partial charge in [0.25, 0.3) is 0 Å². The number of carbonyl (C=O) groups is 1. The van der Waals surface area contributed by atoms with Crippen LogP contribution in [0.1, 0.15) is 17.2 Å². The second-order valence-corrected chi connectivity index (χ2v) is 3.28. The molecule has 2 rings (SSSR count). The number of hydrogen-bond donors (Lipinski definition) is 2. The van der Waals surface area contributed by atoms with Crippen LogP contribution in [0.4, 0.5) is 4.79 Å². The third-order valence-electron chi connectivity index (χ3n) is 2.29. The van der Waals surface area contributed by atoms with Crippen LogP contribution in [0.3, 0.4) is 0 Å². The van der Waals surface area contributed by atoms with Gasteiger partial charge in [0, 0.05) is 0 Å². The van der Waals surface area contributed by atoms with Crippen LogP contribution in [0, 0.1) is 0 Å². The average molecular weight is 192 g/mol. The molecule has 0 saturated carbocycles. The lowest BCUT2D eigenvalue weighted by atomic mass is 9.99. The normalized spacial score (nSPS) is 19.9. The van der Waals surface area contributed by atoms with Crippen molar-refractivity contribution in [3.8, 4) is 0 Å². The standard InChI is InChI=1S/C10H12N2O2/c11-10(13)12-9-6-14-5-7-3-1-2-4-8(7)9/h1-4,9H,5-6H2,(H3,11,12,13). The summed E-state index contributed by atoms with van der Waals surface area (Å²) in [6, 6.07) is 7.24. The molecule has 74 valence electrons. The van der Waals surface area contributed by atoms with E-state index in [9.17, 15) is 4.79 Å². The van der Waals surface area contributed by atoms with E-state index >= 15 is 0 Å². The Morgan fingerprint density at radius 3 is 3.07 bits per heavy atom. The predicted molar refractivity (Wildman–Crippen MR) is 51.6 cm³/mol. The number of ether oxygens (including phenoxy) is 1. The van der Waals surface area contributed by atoms with E-state index < -0.39 is 6.03 Å². The zero-order valence-electron chi connectivity index (χ0n) is 7.69. The number of nitrogens with two attached hydrogens (primary N) is 1. The fraction of sp³-hybridized carbons (Fsp3) is 0.300. The molecule has 2 amide bonds. The van der Waals surface area contributed by atoms with Crippen LogP contribution in [-0.4, -0.2) is 12.6 Å². The third-order valence-corrected chi connectivity index (χ3v) is 2.29. The number of urea groups is 1. The van der Waals surface area contributed by atoms with Crippen LogP contribution in [0.5, 0.6) is 0 Å². The highest BCUT2D eigenvalue weighted by Crippen LogP contribution is 2.23. The van der Waals surface area contributed by atoms with Gasteiger partial charge in [-0.25, -0.2) is 4.79 Å². The molecule has 0 saturated heterocycles. The lowest BCUT2D eigenvalue weighted by Gasteiger charge is -2.25. The Morgan fingerprint density at radius 1 is 1.50 bits per heavy atom. The minimum absolute atomic E-state index is 0.113. The van der Waals surface area contributed by atoms with Crippen LogP contribution in [0.2, 0.25) is 0 Å². The van der Waals surface area contributed by atoms with Gasteiger partial charge in [0.05, 0.1) is 19.3 Å². The molecule has 4 nitrogen and oxygen atoms in total. The minimum atomic E-state index is -0.518. The summed E-state index contributed by atoms with van der Waals surface area (Å²) in [5.74, 6) is 0. The highest BCUT2D eigenvalue weighted by atomic mass is 16.5. The Bertz CT molecular complexity index is 352. The maximum Gasteiger partial charge on any atom is 0.312 e. The summed E-state index contributed by atoms with van der Waals surface area (Å²) in [7, 11) is 0. The summed E-state index contributed by atoms with van der Waals surface area (Å²) in [5, 5.41) is 2.65. The molecule has 1 aliphatic rings. The molecule has 1 unspecified atom stereocenters. The molecule has 1 aliphatic heterocycles. The van der Waals surface area contributed by atoms with E-state index in [0.717, 1.165) is 11.1 Å². The SMILES string of the molecule is NC(=O)NC1COCc2ccccc21. The zero-order valence-corrected chi connectivity index (χ0v) is 7.69. The molecule has 0 aliphatic carbocycles. The van der Waals surface area contributed by atoms with E-state index in [1.165, 1.54) is 0 Å². The first-order valence-corrected chi connectivity index (χ1v) is 4.49. The molecule has 1 heterocycles. The van der Waals surface area contributed by atoms with Crippen molar-refractivity contribution in [1.29, 1.82) is 0 Å². The maximum atomic E-state index is 10.7. The Kier molecular flexibility index (Phi) is 2.37. The monoisotopic (exact) mass is 192 g/mol. The first-order chi connectivity index (χ1) is 6.77. The van der Waals surface area contributed by atoms with Gasteiger partial charge in [0.15, 0.2) is 0 Å². The molecule has 0 spiro atoms. The summed E-state index contributed by atoms with van der Waals surface area (Å²) < 4.78 is 5.34. The lowest BCUT2D eigenvalue weighted by Crippen LogP contribution is -2.37. The summed E-state index contributed by atoms with van der Waals surface area (Å²) in [4.78, 5) is 10.7. The Labute approximate surface area is 82.1 Å². The number of hydrogen-bond acceptors (Lipinski definition) is 2. The molecular formula is C10H12N2O2. The molecule has 14 heavy (non-hydrogen) atoms. The molecule has 0 bridgehead atoms. The Balaban J connectivity index is 2.26. The van der Waals surface area contributed by atoms with Crippen LogP contribution in [-0.2, 0) is 11.3 Å². The summed E-state index contributed by atoms with van der Waals surface area (Å²) in [6.07, 6.45) is 0. The quantitative estimate of drug-likeness (QED) is 0.695. The van der Waals surface area contributed by atoms with Gasteiger partial charge in [-0.1, -0.05) is 24.3 Å². The van der Waals surface area contributed by atoms with Crippen molar-refractivity contribution in [3.63, 3.8) is 0 Å². The number of rotatable bonds is 1. The molecule has 3 N–H and O–H groups in total. The van der Waals surface area contributed by atoms with E-state index in [4.69, 9.17) is 10.5 Å². The van der Waals surface area contributed by atoms with E-state index in [2.05, 4.69) is 5.32 Å². The number of nitrogens with one attached hydrogen (secondary N) is 1. The molecule has 1 aromatic rings. The van der Waals surface area contributed by atoms with E-state index in [0.29, 0.717) is 13.2 Å². The average Bonchev–Trinajstić information content (AvgIpc) is 2.18. The van der Waals surface area contributed by atoms with Crippen molar-refractivity contribution in [2.75, 3.05) is 6.61 Å². The molecule has 0 radical (unpaired) electrons. The van der Waals surface area contributed by atoms with Crippen LogP contribution in [0.15, 0.2) is 24.3 Å². The van der Waals surface area contributed by atoms with E-state index in [1.54, 1.807) is 0 Å². The van der Waals surface area contributed by atoms with Gasteiger partial charge in [0.2, 0.25) is 0 Å². The number of fused-ring (bicyclic) bond motifs is 1. The lowest BCUT2D eigenvalue weighted by molar-refractivity contribution is 0.0848. The van der Waals surface area contributed by atoms with Gasteiger partial charge in [-0.15, -0.1) is 0 Å². The summed E-state index contributed by atoms with van der Waals surface area (Å²) in [5.41, 5.74) is 7.28. The number of amides is 2. The van der Waals surface area contributed by atoms with E-state index in [1.807, 2.05) is 24.3 Å². The third kappa shape index (κ3) is 1.70. The second-order valence-electron chi connectivity index (χ2n) is 3.28. The van der Waals surface area contributed by atoms with Crippen molar-refractivity contribution in [2.45, 2.75) is 12.6 Å². The molecule has 0 aromatic heterocycles. The number of benzene rings is 1. The maximum absolute atomic E-state index is 10.7. The minimum Gasteiger partial charge on any atom is -0.374 e. The van der Waals surface area contributed by atoms with Crippen molar-refractivity contribution in [1.82, 2.24) is 5.32 Å². The van der Waals surface area contributed by atoms with Gasteiger partial charge in [-0.3, -0.25) is 0 Å². The first-order valence-electron chi connectivity index (χ1n) is 4.49. The van der Waals surface area contributed by atoms with Gasteiger partial charge in [-0.2, -0.15) is 0 Å². The van der Waals surface area contributed by atoms with E-state index in [-0.39, 0.29) is 6.04 Å². The smallest absolute Gasteiger partial charge is 0.312 e. The van der Waals surface area contributed by atoms with Gasteiger partial charge in [-0.05, 0) is 11.1 Å². The molecule has 4 heteroatoms. The van der Waals surface area contributed by atoms with Crippen LogP contribution < -0.4 is 11.1 Å². The Hall–Kier alpha value is -1.55. The van der Waals surface area contributed by atoms with Crippen LogP contribution >= 0.6 is 0 Å². The summed E-state index contributed by atoms with van der Waals surface area (Å²) in [6.45, 7) is 1.09. The van der Waals surface area contributed by atoms with Gasteiger partial charge < -0.3 is 15.8 Å². The Morgan fingerprint density at radius 2 is 2.29 bits per heavy atom. The number of primary amides is 1. The van der Waals surface area contributed by atoms with Crippen LogP contribution in [0.25, 0.3) is 0 Å². The van der Waals surface area contributed by atoms with Crippen molar-refractivity contribution in [2.24, 2.45) is 5.73 Å². The highest BCUT2D eigenvalue weighted by Gasteiger charge is 2.20. The second kappa shape index (κ2) is 3.67. The van der Waals surface area contributed by atoms with Crippen molar-refractivity contribution in [3.05, 3.63) is 35.4 Å². The van der Waals surface area contributed by atoms with Gasteiger partial charge >= 0.3 is 6.03 Å².